The van der Waals surface area contributed by atoms with Gasteiger partial charge in [0.2, 0.25) is 0 Å². The molecule has 0 saturated heterocycles. The maximum atomic E-state index is 6.03. The molecule has 0 bridgehead atoms. The zero-order chi connectivity index (χ0) is 13.1. The predicted molar refractivity (Wildman–Crippen MR) is 82.3 cm³/mol. The van der Waals surface area contributed by atoms with Crippen LogP contribution < -0.4 is 5.32 Å². The third-order valence-corrected chi connectivity index (χ3v) is 5.27. The van der Waals surface area contributed by atoms with Crippen molar-refractivity contribution in [2.24, 2.45) is 5.41 Å². The van der Waals surface area contributed by atoms with Crippen LogP contribution in [0.25, 0.3) is 0 Å². The van der Waals surface area contributed by atoms with Crippen LogP contribution in [0.3, 0.4) is 0 Å². The Bertz CT molecular complexity index is 341. The number of rotatable bonds is 6. The Morgan fingerprint density at radius 1 is 1.47 bits per heavy atom. The van der Waals surface area contributed by atoms with E-state index in [-0.39, 0.29) is 0 Å². The van der Waals surface area contributed by atoms with Crippen molar-refractivity contribution in [2.75, 3.05) is 6.54 Å². The number of hydrogen-bond donors (Lipinski definition) is 1. The first-order valence-electron chi connectivity index (χ1n) is 5.97. The summed E-state index contributed by atoms with van der Waals surface area (Å²) in [4.78, 5) is 1.36. The van der Waals surface area contributed by atoms with Gasteiger partial charge in [-0.05, 0) is 40.3 Å². The maximum absolute atomic E-state index is 6.03. The van der Waals surface area contributed by atoms with E-state index < -0.39 is 0 Å². The quantitative estimate of drug-likeness (QED) is 0.759. The Kier molecular flexibility index (Phi) is 5.97. The van der Waals surface area contributed by atoms with Crippen LogP contribution in [0, 0.1) is 5.41 Å². The molecule has 0 aliphatic rings. The van der Waals surface area contributed by atoms with E-state index in [2.05, 4.69) is 55.0 Å². The van der Waals surface area contributed by atoms with Gasteiger partial charge < -0.3 is 5.32 Å². The minimum Gasteiger partial charge on any atom is -0.314 e. The first-order valence-corrected chi connectivity index (χ1v) is 7.96. The summed E-state index contributed by atoms with van der Waals surface area (Å²) in [5.74, 6) is 0. The minimum absolute atomic E-state index is 0.327. The Labute approximate surface area is 122 Å². The Morgan fingerprint density at radius 3 is 2.59 bits per heavy atom. The zero-order valence-electron chi connectivity index (χ0n) is 10.9. The fraction of sp³-hybridized carbons (Fsp3) is 0.692. The molecule has 0 radical (unpaired) electrons. The van der Waals surface area contributed by atoms with Gasteiger partial charge in [0, 0.05) is 17.5 Å². The average Bonchev–Trinajstić information content (AvgIpc) is 2.53. The average molecular weight is 339 g/mol. The molecule has 0 aliphatic carbocycles. The highest BCUT2D eigenvalue weighted by Gasteiger charge is 2.18. The zero-order valence-corrected chi connectivity index (χ0v) is 14.1. The molecular weight excluding hydrogens is 318 g/mol. The molecule has 1 N–H and O–H groups in total. The van der Waals surface area contributed by atoms with Crippen LogP contribution in [0.4, 0.5) is 0 Å². The van der Waals surface area contributed by atoms with Gasteiger partial charge in [0.25, 0.3) is 0 Å². The molecule has 4 heteroatoms. The highest BCUT2D eigenvalue weighted by atomic mass is 79.9. The Morgan fingerprint density at radius 2 is 2.12 bits per heavy atom. The van der Waals surface area contributed by atoms with Crippen molar-refractivity contribution in [3.8, 4) is 0 Å². The van der Waals surface area contributed by atoms with E-state index in [1.54, 1.807) is 11.3 Å². The molecule has 0 atom stereocenters. The molecule has 0 spiro atoms. The summed E-state index contributed by atoms with van der Waals surface area (Å²) in [7, 11) is 0. The normalized spacial score (nSPS) is 12.4. The summed E-state index contributed by atoms with van der Waals surface area (Å²) in [5, 5.41) is 4.34. The van der Waals surface area contributed by atoms with E-state index in [1.165, 1.54) is 11.3 Å². The lowest BCUT2D eigenvalue weighted by Gasteiger charge is -2.26. The second-order valence-electron chi connectivity index (χ2n) is 5.53. The van der Waals surface area contributed by atoms with Gasteiger partial charge in [-0.2, -0.15) is 0 Å². The summed E-state index contributed by atoms with van der Waals surface area (Å²) >= 11 is 11.2. The van der Waals surface area contributed by atoms with Crippen molar-refractivity contribution in [1.29, 1.82) is 0 Å². The summed E-state index contributed by atoms with van der Waals surface area (Å²) in [6, 6.07) is 2.63. The van der Waals surface area contributed by atoms with Crippen LogP contribution in [-0.2, 0) is 6.42 Å². The van der Waals surface area contributed by atoms with Crippen molar-refractivity contribution in [3.05, 3.63) is 19.8 Å². The van der Waals surface area contributed by atoms with Crippen LogP contribution in [0.5, 0.6) is 0 Å². The molecule has 0 aliphatic heterocycles. The number of hydrogen-bond acceptors (Lipinski definition) is 2. The third-order valence-electron chi connectivity index (χ3n) is 2.73. The molecule has 1 nitrogen and oxygen atoms in total. The van der Waals surface area contributed by atoms with Gasteiger partial charge in [0.05, 0.1) is 8.81 Å². The van der Waals surface area contributed by atoms with Gasteiger partial charge in [0.15, 0.2) is 0 Å². The molecule has 98 valence electrons. The van der Waals surface area contributed by atoms with E-state index in [9.17, 15) is 0 Å². The molecule has 1 heterocycles. The fourth-order valence-corrected chi connectivity index (χ4v) is 3.36. The lowest BCUT2D eigenvalue weighted by molar-refractivity contribution is 0.305. The van der Waals surface area contributed by atoms with Gasteiger partial charge in [-0.1, -0.05) is 39.3 Å². The summed E-state index contributed by atoms with van der Waals surface area (Å²) < 4.78 is 1.05. The van der Waals surface area contributed by atoms with E-state index in [4.69, 9.17) is 11.6 Å². The lowest BCUT2D eigenvalue weighted by atomic mass is 9.87. The van der Waals surface area contributed by atoms with Crippen LogP contribution >= 0.6 is 38.9 Å². The second kappa shape index (κ2) is 6.55. The molecule has 1 aromatic heterocycles. The molecule has 0 amide bonds. The smallest absolute Gasteiger partial charge is 0.0887 e. The first kappa shape index (κ1) is 15.5. The molecule has 0 unspecified atom stereocenters. The van der Waals surface area contributed by atoms with Crippen molar-refractivity contribution in [2.45, 2.75) is 46.6 Å². The number of nitrogens with one attached hydrogen (secondary N) is 1. The Balaban J connectivity index is 2.43. The summed E-state index contributed by atoms with van der Waals surface area (Å²) in [5.41, 5.74) is 0.327. The van der Waals surface area contributed by atoms with E-state index in [1.807, 2.05) is 0 Å². The largest absolute Gasteiger partial charge is 0.314 e. The van der Waals surface area contributed by atoms with Gasteiger partial charge in [-0.25, -0.2) is 0 Å². The number of thiophene rings is 1. The van der Waals surface area contributed by atoms with E-state index >= 15 is 0 Å². The topological polar surface area (TPSA) is 12.0 Å². The third kappa shape index (κ3) is 5.73. The van der Waals surface area contributed by atoms with Gasteiger partial charge >= 0.3 is 0 Å². The van der Waals surface area contributed by atoms with E-state index in [0.29, 0.717) is 11.5 Å². The van der Waals surface area contributed by atoms with Crippen molar-refractivity contribution >= 4 is 38.9 Å². The van der Waals surface area contributed by atoms with Crippen LogP contribution in [-0.4, -0.2) is 12.6 Å². The van der Waals surface area contributed by atoms with Gasteiger partial charge in [0.1, 0.15) is 0 Å². The molecular formula is C13H21BrClNS. The maximum Gasteiger partial charge on any atom is 0.0887 e. The van der Waals surface area contributed by atoms with Gasteiger partial charge in [-0.15, -0.1) is 11.3 Å². The van der Waals surface area contributed by atoms with E-state index in [0.717, 1.165) is 21.8 Å². The monoisotopic (exact) mass is 337 g/mol. The second-order valence-corrected chi connectivity index (χ2v) is 8.40. The fourth-order valence-electron chi connectivity index (χ4n) is 1.54. The molecule has 17 heavy (non-hydrogen) atoms. The summed E-state index contributed by atoms with van der Waals surface area (Å²) in [6.45, 7) is 10.1. The lowest BCUT2D eigenvalue weighted by Crippen LogP contribution is -2.34. The van der Waals surface area contributed by atoms with Crippen molar-refractivity contribution in [1.82, 2.24) is 5.32 Å². The number of aryl methyl sites for hydroxylation is 1. The summed E-state index contributed by atoms with van der Waals surface area (Å²) in [6.07, 6.45) is 2.28. The van der Waals surface area contributed by atoms with Crippen LogP contribution in [0.2, 0.25) is 5.02 Å². The number of halogens is 2. The molecule has 1 aromatic rings. The van der Waals surface area contributed by atoms with Crippen LogP contribution in [0.1, 0.15) is 39.0 Å². The SMILES string of the molecule is CC(C)NCC(C)(C)CCc1cc(Cl)c(Br)s1. The molecule has 0 fully saturated rings. The standard InChI is InChI=1S/C13H21BrClNS/c1-9(2)16-8-13(3,4)6-5-10-7-11(15)12(14)17-10/h7,9,16H,5-6,8H2,1-4H3. The predicted octanol–water partition coefficient (Wildman–Crippen LogP) is 5.12. The Hall–Kier alpha value is 0.430. The van der Waals surface area contributed by atoms with Crippen molar-refractivity contribution in [3.63, 3.8) is 0 Å². The first-order chi connectivity index (χ1) is 7.80. The molecule has 1 rings (SSSR count). The molecule has 0 aromatic carbocycles. The minimum atomic E-state index is 0.327. The highest BCUT2D eigenvalue weighted by Crippen LogP contribution is 2.34. The van der Waals surface area contributed by atoms with Crippen LogP contribution in [0.15, 0.2) is 9.85 Å². The van der Waals surface area contributed by atoms with Crippen molar-refractivity contribution < 1.29 is 0 Å². The molecule has 0 saturated carbocycles. The van der Waals surface area contributed by atoms with Gasteiger partial charge in [-0.3, -0.25) is 0 Å². The highest BCUT2D eigenvalue weighted by molar-refractivity contribution is 9.11.